The summed E-state index contributed by atoms with van der Waals surface area (Å²) in [7, 11) is -2.69. The van der Waals surface area contributed by atoms with Crippen LogP contribution in [0.2, 0.25) is 0 Å². The summed E-state index contributed by atoms with van der Waals surface area (Å²) in [4.78, 5) is 28.0. The van der Waals surface area contributed by atoms with Gasteiger partial charge in [-0.25, -0.2) is 14.4 Å². The number of methoxy groups -OCH3 is 1. The molecule has 13 nitrogen and oxygen atoms in total. The van der Waals surface area contributed by atoms with Crippen LogP contribution in [0, 0.1) is 11.3 Å². The molecule has 0 amide bonds. The lowest BCUT2D eigenvalue weighted by Gasteiger charge is -2.30. The molecule has 6 N–H and O–H groups in total. The highest BCUT2D eigenvalue weighted by Crippen LogP contribution is 2.45. The van der Waals surface area contributed by atoms with Gasteiger partial charge in [0.2, 0.25) is 0 Å². The third kappa shape index (κ3) is 10.1. The lowest BCUT2D eigenvalue weighted by atomic mass is 9.97. The Kier molecular flexibility index (Phi) is 13.4. The van der Waals surface area contributed by atoms with Crippen LogP contribution < -0.4 is 16.5 Å². The van der Waals surface area contributed by atoms with Crippen molar-refractivity contribution in [3.63, 3.8) is 0 Å². The molecular formula is C25H39N4O9PS. The summed E-state index contributed by atoms with van der Waals surface area (Å²) in [6, 6.07) is 10.5. The summed E-state index contributed by atoms with van der Waals surface area (Å²) in [5.41, 5.74) is 4.64. The van der Waals surface area contributed by atoms with Crippen LogP contribution in [-0.4, -0.2) is 74.9 Å². The fourth-order valence-corrected chi connectivity index (χ4v) is 5.65. The van der Waals surface area contributed by atoms with E-state index in [9.17, 15) is 29.5 Å². The first-order valence-electron chi connectivity index (χ1n) is 12.5. The molecule has 0 fully saturated rings. The molecule has 5 atom stereocenters. The van der Waals surface area contributed by atoms with Crippen LogP contribution in [0.25, 0.3) is 0 Å². The molecule has 0 saturated carbocycles. The smallest absolute Gasteiger partial charge is 0.395 e. The van der Waals surface area contributed by atoms with Gasteiger partial charge in [-0.1, -0.05) is 49.0 Å². The summed E-state index contributed by atoms with van der Waals surface area (Å²) in [6.45, 7) is 4.24. The van der Waals surface area contributed by atoms with E-state index in [0.29, 0.717) is 0 Å². The third-order valence-electron chi connectivity index (χ3n) is 5.94. The number of nitrogens with two attached hydrogens (primary N) is 1. The van der Waals surface area contributed by atoms with Gasteiger partial charge in [0.25, 0.3) is 0 Å². The van der Waals surface area contributed by atoms with Crippen LogP contribution in [0.4, 0.5) is 5.82 Å². The highest BCUT2D eigenvalue weighted by Gasteiger charge is 2.34. The van der Waals surface area contributed by atoms with Crippen molar-refractivity contribution >= 4 is 30.4 Å². The number of ether oxygens (including phenoxy) is 1. The molecule has 0 radical (unpaired) electrons. The molecule has 0 aliphatic carbocycles. The molecule has 224 valence electrons. The molecule has 40 heavy (non-hydrogen) atoms. The monoisotopic (exact) mass is 602 g/mol. The zero-order chi connectivity index (χ0) is 29.9. The maximum absolute atomic E-state index is 13.5. The lowest BCUT2D eigenvalue weighted by Crippen LogP contribution is -2.44. The van der Waals surface area contributed by atoms with Gasteiger partial charge in [-0.15, -0.1) is 0 Å². The second kappa shape index (κ2) is 15.8. The Labute approximate surface area is 237 Å². The molecule has 3 unspecified atom stereocenters. The largest absolute Gasteiger partial charge is 0.405 e. The van der Waals surface area contributed by atoms with Gasteiger partial charge >= 0.3 is 13.4 Å². The zero-order valence-corrected chi connectivity index (χ0v) is 24.7. The van der Waals surface area contributed by atoms with Gasteiger partial charge in [0, 0.05) is 31.5 Å². The standard InChI is InChI=1S/C25H39N4O9PS/c1-17(20(31)21(32)22(36-4)29-11-10-19(26)28-24(29)34)15-38-39(35,27-14-18-8-6-5-7-9-18)37-12-13-40-23(33)25(2,3)16-30/h5-11,17,20-22,30-32H,12-16H2,1-4H3,(H,27,35)(H2,26,28,34)/t17-,20+,21?,22?,39?/m1/s1. The second-order valence-corrected chi connectivity index (χ2v) is 12.6. The van der Waals surface area contributed by atoms with Crippen LogP contribution in [0.1, 0.15) is 32.6 Å². The fraction of sp³-hybridized carbons (Fsp3) is 0.560. The molecule has 0 saturated heterocycles. The maximum Gasteiger partial charge on any atom is 0.405 e. The summed E-state index contributed by atoms with van der Waals surface area (Å²) in [5.74, 6) is -0.632. The topological polar surface area (TPSA) is 195 Å². The van der Waals surface area contributed by atoms with Crippen molar-refractivity contribution in [2.75, 3.05) is 38.4 Å². The molecular weight excluding hydrogens is 563 g/mol. The van der Waals surface area contributed by atoms with Crippen molar-refractivity contribution in [1.82, 2.24) is 14.6 Å². The highest BCUT2D eigenvalue weighted by atomic mass is 32.2. The van der Waals surface area contributed by atoms with Crippen molar-refractivity contribution < 1.29 is 38.5 Å². The van der Waals surface area contributed by atoms with Gasteiger partial charge in [0.1, 0.15) is 11.9 Å². The van der Waals surface area contributed by atoms with Gasteiger partial charge in [0.15, 0.2) is 11.3 Å². The van der Waals surface area contributed by atoms with Crippen molar-refractivity contribution in [3.05, 3.63) is 58.6 Å². The van der Waals surface area contributed by atoms with E-state index in [2.05, 4.69) is 10.1 Å². The Morgan fingerprint density at radius 3 is 2.48 bits per heavy atom. The normalized spacial score (nSPS) is 16.6. The first-order chi connectivity index (χ1) is 18.8. The van der Waals surface area contributed by atoms with Crippen molar-refractivity contribution in [2.24, 2.45) is 11.3 Å². The maximum atomic E-state index is 13.5. The predicted octanol–water partition coefficient (Wildman–Crippen LogP) is 1.54. The molecule has 0 bridgehead atoms. The summed E-state index contributed by atoms with van der Waals surface area (Å²) >= 11 is 0.946. The highest BCUT2D eigenvalue weighted by molar-refractivity contribution is 8.13. The van der Waals surface area contributed by atoms with Crippen LogP contribution in [0.15, 0.2) is 47.4 Å². The number of rotatable bonds is 17. The Hall–Kier alpha value is -2.13. The number of nitrogen functional groups attached to an aromatic ring is 1. The van der Waals surface area contributed by atoms with E-state index >= 15 is 0 Å². The molecule has 15 heteroatoms. The number of carbonyl (C=O) groups excluding carboxylic acids is 1. The molecule has 0 spiro atoms. The van der Waals surface area contributed by atoms with Crippen LogP contribution in [-0.2, 0) is 29.7 Å². The van der Waals surface area contributed by atoms with Gasteiger partial charge in [-0.2, -0.15) is 4.98 Å². The Morgan fingerprint density at radius 2 is 1.88 bits per heavy atom. The van der Waals surface area contributed by atoms with E-state index in [1.165, 1.54) is 19.4 Å². The number of hydrogen-bond acceptors (Lipinski definition) is 12. The second-order valence-electron chi connectivity index (χ2n) is 9.75. The predicted molar refractivity (Wildman–Crippen MR) is 151 cm³/mol. The van der Waals surface area contributed by atoms with E-state index in [1.54, 1.807) is 20.8 Å². The molecule has 2 rings (SSSR count). The quantitative estimate of drug-likeness (QED) is 0.129. The average molecular weight is 603 g/mol. The minimum Gasteiger partial charge on any atom is -0.395 e. The molecule has 2 aromatic rings. The van der Waals surface area contributed by atoms with E-state index in [1.807, 2.05) is 30.3 Å². The number of hydrogen-bond donors (Lipinski definition) is 5. The Bertz CT molecular complexity index is 1180. The Balaban J connectivity index is 2.06. The molecule has 0 aliphatic rings. The lowest BCUT2D eigenvalue weighted by molar-refractivity contribution is -0.127. The van der Waals surface area contributed by atoms with Gasteiger partial charge < -0.3 is 25.8 Å². The van der Waals surface area contributed by atoms with E-state index in [4.69, 9.17) is 19.5 Å². The van der Waals surface area contributed by atoms with Crippen LogP contribution in [0.5, 0.6) is 0 Å². The molecule has 1 aromatic heterocycles. The first kappa shape index (κ1) is 34.1. The van der Waals surface area contributed by atoms with E-state index in [0.717, 1.165) is 21.9 Å². The molecule has 0 aliphatic heterocycles. The van der Waals surface area contributed by atoms with Crippen molar-refractivity contribution in [3.8, 4) is 0 Å². The Morgan fingerprint density at radius 1 is 1.20 bits per heavy atom. The summed E-state index contributed by atoms with van der Waals surface area (Å²) in [5, 5.41) is 33.5. The fourth-order valence-electron chi connectivity index (χ4n) is 3.32. The van der Waals surface area contributed by atoms with Crippen LogP contribution in [0.3, 0.4) is 0 Å². The number of benzene rings is 1. The minimum absolute atomic E-state index is 0.00783. The number of aliphatic hydroxyl groups excluding tert-OH is 3. The number of carbonyl (C=O) groups is 1. The number of aliphatic hydroxyl groups is 3. The van der Waals surface area contributed by atoms with Crippen molar-refractivity contribution in [1.29, 1.82) is 0 Å². The SMILES string of the molecule is COC(C(O)[C@@H](O)[C@H](C)COP(=O)(NCc1ccccc1)OCCSC(=O)C(C)(C)CO)n1ccc(N)nc1=O. The van der Waals surface area contributed by atoms with Gasteiger partial charge in [-0.05, 0) is 25.5 Å². The number of nitrogens with zero attached hydrogens (tertiary/aromatic N) is 2. The summed E-state index contributed by atoms with van der Waals surface area (Å²) < 4.78 is 30.9. The number of aromatic nitrogens is 2. The molecule has 1 heterocycles. The van der Waals surface area contributed by atoms with Crippen molar-refractivity contribution in [2.45, 2.75) is 45.8 Å². The number of nitrogens with one attached hydrogen (secondary N) is 1. The van der Waals surface area contributed by atoms with E-state index < -0.39 is 43.2 Å². The molecule has 1 aromatic carbocycles. The van der Waals surface area contributed by atoms with E-state index in [-0.39, 0.29) is 43.1 Å². The zero-order valence-electron chi connectivity index (χ0n) is 23.0. The number of anilines is 1. The minimum atomic E-state index is -3.95. The van der Waals surface area contributed by atoms with Gasteiger partial charge in [-0.3, -0.25) is 18.4 Å². The average Bonchev–Trinajstić information content (AvgIpc) is 2.94. The van der Waals surface area contributed by atoms with Crippen LogP contribution >= 0.6 is 19.5 Å². The third-order valence-corrected chi connectivity index (χ3v) is 8.69. The first-order valence-corrected chi connectivity index (χ1v) is 15.1. The van der Waals surface area contributed by atoms with Gasteiger partial charge in [0.05, 0.1) is 31.3 Å². The summed E-state index contributed by atoms with van der Waals surface area (Å²) in [6.07, 6.45) is -3.04. The number of thioether (sulfide) groups is 1.